The van der Waals surface area contributed by atoms with Gasteiger partial charge in [0.2, 0.25) is 5.91 Å². The minimum absolute atomic E-state index is 0.0528. The summed E-state index contributed by atoms with van der Waals surface area (Å²) in [5.74, 6) is 0.0528. The van der Waals surface area contributed by atoms with Crippen molar-refractivity contribution in [3.63, 3.8) is 0 Å². The van der Waals surface area contributed by atoms with Crippen molar-refractivity contribution < 1.29 is 4.79 Å². The van der Waals surface area contributed by atoms with Crippen LogP contribution in [0.2, 0.25) is 0 Å². The monoisotopic (exact) mass is 220 g/mol. The molecular weight excluding hydrogens is 200 g/mol. The molecule has 0 aliphatic carbocycles. The first kappa shape index (κ1) is 12.7. The summed E-state index contributed by atoms with van der Waals surface area (Å²) in [6.45, 7) is 6.88. The second kappa shape index (κ2) is 6.28. The number of anilines is 1. The lowest BCUT2D eigenvalue weighted by Gasteiger charge is -2.08. The molecule has 0 spiro atoms. The Bertz CT molecular complexity index is 330. The number of aryl methyl sites for hydroxylation is 1. The molecule has 1 aromatic carbocycles. The molecule has 0 heterocycles. The molecule has 0 saturated carbocycles. The van der Waals surface area contributed by atoms with E-state index in [-0.39, 0.29) is 5.91 Å². The normalized spacial score (nSPS) is 10.5. The lowest BCUT2D eigenvalue weighted by atomic mass is 10.2. The van der Waals surface area contributed by atoms with Gasteiger partial charge in [-0.15, -0.1) is 0 Å². The van der Waals surface area contributed by atoms with Gasteiger partial charge in [-0.1, -0.05) is 31.5 Å². The van der Waals surface area contributed by atoms with Crippen LogP contribution in [0.25, 0.3) is 0 Å². The molecule has 0 radical (unpaired) electrons. The molecule has 0 saturated heterocycles. The molecule has 0 unspecified atom stereocenters. The molecule has 0 aromatic heterocycles. The fraction of sp³-hybridized carbons (Fsp3) is 0.462. The third kappa shape index (κ3) is 4.94. The van der Waals surface area contributed by atoms with E-state index in [4.69, 9.17) is 0 Å². The van der Waals surface area contributed by atoms with E-state index in [2.05, 4.69) is 24.5 Å². The molecule has 2 N–H and O–H groups in total. The number of carbonyl (C=O) groups excluding carboxylic acids is 1. The minimum atomic E-state index is 0.0528. The lowest BCUT2D eigenvalue weighted by Crippen LogP contribution is -2.27. The van der Waals surface area contributed by atoms with Crippen LogP contribution >= 0.6 is 0 Å². The lowest BCUT2D eigenvalue weighted by molar-refractivity contribution is -0.116. The highest BCUT2D eigenvalue weighted by Gasteiger charge is 2.02. The molecule has 0 aliphatic heterocycles. The van der Waals surface area contributed by atoms with Crippen molar-refractivity contribution in [3.05, 3.63) is 29.8 Å². The molecular formula is C13H20N2O. The molecule has 1 rings (SSSR count). The fourth-order valence-electron chi connectivity index (χ4n) is 1.33. The summed E-state index contributed by atoms with van der Waals surface area (Å²) in [5.41, 5.74) is 2.06. The summed E-state index contributed by atoms with van der Waals surface area (Å²) in [5, 5.41) is 6.07. The van der Waals surface area contributed by atoms with Crippen molar-refractivity contribution in [1.82, 2.24) is 5.32 Å². The van der Waals surface area contributed by atoms with Gasteiger partial charge in [-0.05, 0) is 19.1 Å². The Morgan fingerprint density at radius 2 is 1.88 bits per heavy atom. The maximum atomic E-state index is 11.5. The van der Waals surface area contributed by atoms with E-state index in [1.54, 1.807) is 0 Å². The Morgan fingerprint density at radius 1 is 1.25 bits per heavy atom. The number of rotatable bonds is 5. The first-order chi connectivity index (χ1) is 7.58. The number of hydrogen-bond acceptors (Lipinski definition) is 2. The zero-order valence-corrected chi connectivity index (χ0v) is 10.2. The van der Waals surface area contributed by atoms with Gasteiger partial charge in [0.15, 0.2) is 0 Å². The molecule has 0 aliphatic rings. The molecule has 88 valence electrons. The van der Waals surface area contributed by atoms with Crippen LogP contribution in [-0.2, 0) is 4.79 Å². The van der Waals surface area contributed by atoms with Crippen LogP contribution in [0.3, 0.4) is 0 Å². The van der Waals surface area contributed by atoms with Gasteiger partial charge in [0.1, 0.15) is 0 Å². The molecule has 1 amide bonds. The summed E-state index contributed by atoms with van der Waals surface area (Å²) in [7, 11) is 0. The van der Waals surface area contributed by atoms with E-state index in [0.717, 1.165) is 12.2 Å². The standard InChI is InChI=1S/C13H20N2O/c1-10(2)14-9-8-13(16)15-12-6-4-11(3)5-7-12/h4-7,10,14H,8-9H2,1-3H3,(H,15,16). The van der Waals surface area contributed by atoms with Crippen molar-refractivity contribution >= 4 is 11.6 Å². The van der Waals surface area contributed by atoms with Crippen LogP contribution in [0.15, 0.2) is 24.3 Å². The number of carbonyl (C=O) groups is 1. The summed E-state index contributed by atoms with van der Waals surface area (Å²) in [4.78, 5) is 11.5. The Balaban J connectivity index is 2.31. The molecule has 0 fully saturated rings. The van der Waals surface area contributed by atoms with Crippen molar-refractivity contribution in [2.24, 2.45) is 0 Å². The maximum absolute atomic E-state index is 11.5. The number of hydrogen-bond donors (Lipinski definition) is 2. The average molecular weight is 220 g/mol. The van der Waals surface area contributed by atoms with Gasteiger partial charge in [-0.25, -0.2) is 0 Å². The fourth-order valence-corrected chi connectivity index (χ4v) is 1.33. The van der Waals surface area contributed by atoms with Crippen LogP contribution in [0, 0.1) is 6.92 Å². The van der Waals surface area contributed by atoms with Gasteiger partial charge in [0.25, 0.3) is 0 Å². The number of amides is 1. The Morgan fingerprint density at radius 3 is 2.44 bits per heavy atom. The number of benzene rings is 1. The van der Waals surface area contributed by atoms with Crippen LogP contribution < -0.4 is 10.6 Å². The zero-order valence-electron chi connectivity index (χ0n) is 10.2. The van der Waals surface area contributed by atoms with Gasteiger partial charge in [0.05, 0.1) is 0 Å². The third-order valence-corrected chi connectivity index (χ3v) is 2.24. The first-order valence-corrected chi connectivity index (χ1v) is 5.68. The largest absolute Gasteiger partial charge is 0.326 e. The summed E-state index contributed by atoms with van der Waals surface area (Å²) >= 11 is 0. The summed E-state index contributed by atoms with van der Waals surface area (Å²) < 4.78 is 0. The Hall–Kier alpha value is -1.35. The molecule has 0 bridgehead atoms. The van der Waals surface area contributed by atoms with Crippen LogP contribution in [-0.4, -0.2) is 18.5 Å². The van der Waals surface area contributed by atoms with E-state index in [0.29, 0.717) is 12.5 Å². The third-order valence-electron chi connectivity index (χ3n) is 2.24. The summed E-state index contributed by atoms with van der Waals surface area (Å²) in [6, 6.07) is 8.24. The van der Waals surface area contributed by atoms with E-state index < -0.39 is 0 Å². The van der Waals surface area contributed by atoms with Crippen LogP contribution in [0.4, 0.5) is 5.69 Å². The highest BCUT2D eigenvalue weighted by atomic mass is 16.1. The second-order valence-corrected chi connectivity index (χ2v) is 4.27. The highest BCUT2D eigenvalue weighted by Crippen LogP contribution is 2.08. The first-order valence-electron chi connectivity index (χ1n) is 5.68. The SMILES string of the molecule is Cc1ccc(NC(=O)CCNC(C)C)cc1. The number of nitrogens with one attached hydrogen (secondary N) is 2. The van der Waals surface area contributed by atoms with Crippen molar-refractivity contribution in [2.75, 3.05) is 11.9 Å². The van der Waals surface area contributed by atoms with Gasteiger partial charge < -0.3 is 10.6 Å². The molecule has 16 heavy (non-hydrogen) atoms. The molecule has 0 atom stereocenters. The van der Waals surface area contributed by atoms with Crippen molar-refractivity contribution in [2.45, 2.75) is 33.2 Å². The minimum Gasteiger partial charge on any atom is -0.326 e. The average Bonchev–Trinajstić information content (AvgIpc) is 2.21. The van der Waals surface area contributed by atoms with Gasteiger partial charge in [0, 0.05) is 24.7 Å². The molecule has 3 heteroatoms. The molecule has 3 nitrogen and oxygen atoms in total. The van der Waals surface area contributed by atoms with Crippen molar-refractivity contribution in [3.8, 4) is 0 Å². The van der Waals surface area contributed by atoms with E-state index in [9.17, 15) is 4.79 Å². The predicted octanol–water partition coefficient (Wildman–Crippen LogP) is 2.32. The topological polar surface area (TPSA) is 41.1 Å². The van der Waals surface area contributed by atoms with E-state index in [1.807, 2.05) is 31.2 Å². The Labute approximate surface area is 97.2 Å². The van der Waals surface area contributed by atoms with Crippen LogP contribution in [0.5, 0.6) is 0 Å². The maximum Gasteiger partial charge on any atom is 0.225 e. The van der Waals surface area contributed by atoms with Crippen LogP contribution in [0.1, 0.15) is 25.8 Å². The molecule has 1 aromatic rings. The van der Waals surface area contributed by atoms with E-state index >= 15 is 0 Å². The highest BCUT2D eigenvalue weighted by molar-refractivity contribution is 5.90. The Kier molecular flexibility index (Phi) is 4.99. The smallest absolute Gasteiger partial charge is 0.225 e. The second-order valence-electron chi connectivity index (χ2n) is 4.27. The van der Waals surface area contributed by atoms with Gasteiger partial charge in [-0.2, -0.15) is 0 Å². The van der Waals surface area contributed by atoms with Gasteiger partial charge in [-0.3, -0.25) is 4.79 Å². The zero-order chi connectivity index (χ0) is 12.0. The predicted molar refractivity (Wildman–Crippen MR) is 67.6 cm³/mol. The quantitative estimate of drug-likeness (QED) is 0.799. The summed E-state index contributed by atoms with van der Waals surface area (Å²) in [6.07, 6.45) is 0.506. The van der Waals surface area contributed by atoms with Crippen molar-refractivity contribution in [1.29, 1.82) is 0 Å². The van der Waals surface area contributed by atoms with Gasteiger partial charge >= 0.3 is 0 Å². The van der Waals surface area contributed by atoms with E-state index in [1.165, 1.54) is 5.56 Å².